The number of rotatable bonds is 4. The van der Waals surface area contributed by atoms with Gasteiger partial charge in [-0.15, -0.1) is 0 Å². The van der Waals surface area contributed by atoms with Gasteiger partial charge in [-0.25, -0.2) is 9.59 Å². The lowest BCUT2D eigenvalue weighted by Gasteiger charge is -2.20. The molecule has 0 bridgehead atoms. The Bertz CT molecular complexity index is 658. The van der Waals surface area contributed by atoms with Crippen LogP contribution in [0.4, 0.5) is 0 Å². The van der Waals surface area contributed by atoms with Crippen LogP contribution in [0.1, 0.15) is 19.4 Å². The van der Waals surface area contributed by atoms with E-state index >= 15 is 0 Å². The molecule has 0 N–H and O–H groups in total. The lowest BCUT2D eigenvalue weighted by atomic mass is 9.90. The van der Waals surface area contributed by atoms with Crippen molar-refractivity contribution in [2.45, 2.75) is 20.0 Å². The normalized spacial score (nSPS) is 19.5. The maximum absolute atomic E-state index is 12.0. The van der Waals surface area contributed by atoms with Gasteiger partial charge in [-0.1, -0.05) is 44.2 Å². The van der Waals surface area contributed by atoms with Crippen LogP contribution in [0, 0.1) is 5.41 Å². The number of carbonyl (C=O) groups is 2. The Morgan fingerprint density at radius 3 is 2.64 bits per heavy atom. The summed E-state index contributed by atoms with van der Waals surface area (Å²) in [6.45, 7) is 3.69. The summed E-state index contributed by atoms with van der Waals surface area (Å²) in [6, 6.07) is 9.19. The highest BCUT2D eigenvalue weighted by Gasteiger charge is 2.47. The van der Waals surface area contributed by atoms with E-state index in [0.717, 1.165) is 5.56 Å². The number of ether oxygens (including phenoxy) is 2. The molecule has 6 nitrogen and oxygen atoms in total. The van der Waals surface area contributed by atoms with Gasteiger partial charge >= 0.3 is 17.7 Å². The van der Waals surface area contributed by atoms with E-state index in [-0.39, 0.29) is 12.3 Å². The van der Waals surface area contributed by atoms with Gasteiger partial charge in [0, 0.05) is 11.5 Å². The minimum atomic E-state index is -1.01. The van der Waals surface area contributed by atoms with Crippen LogP contribution in [0.3, 0.4) is 0 Å². The predicted octanol–water partition coefficient (Wildman–Crippen LogP) is 1.87. The van der Waals surface area contributed by atoms with Crippen molar-refractivity contribution in [2.75, 3.05) is 6.61 Å². The van der Waals surface area contributed by atoms with E-state index in [1.807, 2.05) is 30.3 Å². The van der Waals surface area contributed by atoms with Gasteiger partial charge in [0.05, 0.1) is 0 Å². The van der Waals surface area contributed by atoms with Crippen LogP contribution in [0.2, 0.25) is 0 Å². The topological polar surface area (TPSA) is 89.0 Å². The summed E-state index contributed by atoms with van der Waals surface area (Å²) in [6.07, 6.45) is 1.92. The van der Waals surface area contributed by atoms with Crippen LogP contribution in [-0.4, -0.2) is 35.2 Å². The molecule has 6 heteroatoms. The Balaban J connectivity index is 2.09. The fourth-order valence-electron chi connectivity index (χ4n) is 1.98. The van der Waals surface area contributed by atoms with Gasteiger partial charge in [0.1, 0.15) is 6.61 Å². The Morgan fingerprint density at radius 1 is 1.41 bits per heavy atom. The van der Waals surface area contributed by atoms with Crippen molar-refractivity contribution in [1.29, 1.82) is 0 Å². The van der Waals surface area contributed by atoms with Gasteiger partial charge in [0.25, 0.3) is 0 Å². The first-order valence-electron chi connectivity index (χ1n) is 6.77. The van der Waals surface area contributed by atoms with Crippen LogP contribution in [-0.2, 0) is 19.1 Å². The molecule has 0 radical (unpaired) electrons. The molecule has 1 aliphatic rings. The zero-order valence-electron chi connectivity index (χ0n) is 12.4. The lowest BCUT2D eigenvalue weighted by molar-refractivity contribution is -0.160. The highest BCUT2D eigenvalue weighted by Crippen LogP contribution is 2.31. The summed E-state index contributed by atoms with van der Waals surface area (Å²) in [5.41, 5.74) is 8.89. The van der Waals surface area contributed by atoms with Crippen molar-refractivity contribution >= 4 is 23.7 Å². The molecule has 1 aromatic rings. The van der Waals surface area contributed by atoms with E-state index < -0.39 is 23.5 Å². The lowest BCUT2D eigenvalue weighted by Crippen LogP contribution is -2.36. The molecule has 1 aromatic carbocycles. The molecule has 0 aromatic heterocycles. The van der Waals surface area contributed by atoms with Crippen molar-refractivity contribution in [3.05, 3.63) is 47.5 Å². The molecule has 0 aliphatic carbocycles. The number of esters is 2. The second-order valence-corrected chi connectivity index (χ2v) is 5.61. The van der Waals surface area contributed by atoms with Crippen molar-refractivity contribution < 1.29 is 23.9 Å². The fourth-order valence-corrected chi connectivity index (χ4v) is 1.98. The van der Waals surface area contributed by atoms with Gasteiger partial charge in [0.2, 0.25) is 6.10 Å². The zero-order chi connectivity index (χ0) is 16.2. The molecule has 1 heterocycles. The minimum Gasteiger partial charge on any atom is -0.462 e. The van der Waals surface area contributed by atoms with Crippen LogP contribution in [0.15, 0.2) is 36.4 Å². The van der Waals surface area contributed by atoms with E-state index in [0.29, 0.717) is 0 Å². The van der Waals surface area contributed by atoms with Crippen molar-refractivity contribution in [3.8, 4) is 0 Å². The highest BCUT2D eigenvalue weighted by atomic mass is 16.6. The summed E-state index contributed by atoms with van der Waals surface area (Å²) in [4.78, 5) is 26.5. The molecule has 1 fully saturated rings. The monoisotopic (exact) mass is 300 g/mol. The van der Waals surface area contributed by atoms with Crippen LogP contribution < -0.4 is 0 Å². The third-order valence-electron chi connectivity index (χ3n) is 3.29. The quantitative estimate of drug-likeness (QED) is 0.367. The minimum absolute atomic E-state index is 0.176. The molecule has 22 heavy (non-hydrogen) atoms. The van der Waals surface area contributed by atoms with E-state index in [4.69, 9.17) is 15.0 Å². The molecule has 0 unspecified atom stereocenters. The van der Waals surface area contributed by atoms with Gasteiger partial charge in [-0.05, 0) is 11.6 Å². The average molecular weight is 300 g/mol. The number of cyclic esters (lactones) is 1. The number of nitrogens with zero attached hydrogens (tertiary/aromatic N) is 2. The number of hydrogen-bond donors (Lipinski definition) is 0. The molecule has 0 amide bonds. The number of carbonyl (C=O) groups excluding carboxylic acids is 2. The van der Waals surface area contributed by atoms with E-state index in [2.05, 4.69) is 4.79 Å². The summed E-state index contributed by atoms with van der Waals surface area (Å²) < 4.78 is 10.0. The molecule has 1 saturated heterocycles. The predicted molar refractivity (Wildman–Crippen MR) is 78.7 cm³/mol. The Hall–Kier alpha value is -2.72. The fraction of sp³-hybridized carbons (Fsp3) is 0.312. The van der Waals surface area contributed by atoms with Gasteiger partial charge in [-0.3, -0.25) is 0 Å². The Morgan fingerprint density at radius 2 is 2.09 bits per heavy atom. The van der Waals surface area contributed by atoms with Crippen LogP contribution in [0.25, 0.3) is 11.6 Å². The summed E-state index contributed by atoms with van der Waals surface area (Å²) in [7, 11) is 0. The Kier molecular flexibility index (Phi) is 4.53. The second kappa shape index (κ2) is 6.37. The molecule has 0 saturated carbocycles. The number of hydrogen-bond acceptors (Lipinski definition) is 4. The van der Waals surface area contributed by atoms with E-state index in [1.54, 1.807) is 19.9 Å². The standard InChI is InChI=1S/C16H16N2O4/c1-16(2)10-21-15(20)13(16)22-14(19)12(18-17)9-8-11-6-4-3-5-7-11/h3-9,13H,10H2,1-2H3/b9-8+/t13-/m0/s1. The molecule has 1 atom stereocenters. The Labute approximate surface area is 128 Å². The molecular weight excluding hydrogens is 284 g/mol. The van der Waals surface area contributed by atoms with E-state index in [9.17, 15) is 9.59 Å². The van der Waals surface area contributed by atoms with Crippen LogP contribution >= 0.6 is 0 Å². The van der Waals surface area contributed by atoms with Crippen molar-refractivity contribution in [3.63, 3.8) is 0 Å². The maximum atomic E-state index is 12.0. The first-order chi connectivity index (χ1) is 10.4. The van der Waals surface area contributed by atoms with Crippen molar-refractivity contribution in [1.82, 2.24) is 0 Å². The average Bonchev–Trinajstić information content (AvgIpc) is 2.76. The maximum Gasteiger partial charge on any atom is 0.422 e. The van der Waals surface area contributed by atoms with Gasteiger partial charge in [0.15, 0.2) is 0 Å². The largest absolute Gasteiger partial charge is 0.462 e. The number of benzene rings is 1. The first kappa shape index (κ1) is 15.7. The van der Waals surface area contributed by atoms with E-state index in [1.165, 1.54) is 6.08 Å². The summed E-state index contributed by atoms with van der Waals surface area (Å²) in [5, 5.41) is 0. The summed E-state index contributed by atoms with van der Waals surface area (Å²) in [5.74, 6) is -1.48. The molecule has 1 aliphatic heterocycles. The zero-order valence-corrected chi connectivity index (χ0v) is 12.4. The smallest absolute Gasteiger partial charge is 0.422 e. The van der Waals surface area contributed by atoms with Gasteiger partial charge < -0.3 is 15.0 Å². The summed E-state index contributed by atoms with van der Waals surface area (Å²) >= 11 is 0. The highest BCUT2D eigenvalue weighted by molar-refractivity contribution is 6.39. The van der Waals surface area contributed by atoms with Crippen LogP contribution in [0.5, 0.6) is 0 Å². The third kappa shape index (κ3) is 3.48. The second-order valence-electron chi connectivity index (χ2n) is 5.61. The molecule has 0 spiro atoms. The van der Waals surface area contributed by atoms with Crippen molar-refractivity contribution in [2.24, 2.45) is 5.41 Å². The third-order valence-corrected chi connectivity index (χ3v) is 3.29. The molecular formula is C16H16N2O4. The molecule has 114 valence electrons. The first-order valence-corrected chi connectivity index (χ1v) is 6.77. The van der Waals surface area contributed by atoms with Gasteiger partial charge in [-0.2, -0.15) is 4.79 Å². The molecule has 2 rings (SSSR count). The SMILES string of the molecule is CC1(C)COC(=O)[C@@H]1OC(=O)C(/C=C/c1ccccc1)=[N+]=[N-].